The Bertz CT molecular complexity index is 432. The van der Waals surface area contributed by atoms with E-state index in [0.29, 0.717) is 0 Å². The van der Waals surface area contributed by atoms with Crippen molar-refractivity contribution in [3.05, 3.63) is 29.3 Å². The minimum absolute atomic E-state index is 0.0280. The Morgan fingerprint density at radius 1 is 1.56 bits per heavy atom. The normalized spacial score (nSPS) is 9.88. The van der Waals surface area contributed by atoms with Crippen LogP contribution >= 0.6 is 12.2 Å². The number of phenolic OH excluding ortho intramolecular Hbond substituents is 1. The van der Waals surface area contributed by atoms with Crippen LogP contribution in [0.15, 0.2) is 18.2 Å². The molecular weight excluding hydrogens is 224 g/mol. The minimum atomic E-state index is -0.301. The quantitative estimate of drug-likeness (QED) is 0.773. The van der Waals surface area contributed by atoms with Crippen LogP contribution in [0, 0.1) is 6.92 Å². The molecule has 1 amide bonds. The first-order valence-corrected chi connectivity index (χ1v) is 5.16. The van der Waals surface area contributed by atoms with Crippen molar-refractivity contribution in [2.24, 2.45) is 5.73 Å². The van der Waals surface area contributed by atoms with Gasteiger partial charge < -0.3 is 15.7 Å². The molecule has 0 spiro atoms. The second kappa shape index (κ2) is 4.94. The summed E-state index contributed by atoms with van der Waals surface area (Å²) in [7, 11) is 1.58. The van der Waals surface area contributed by atoms with Gasteiger partial charge in [-0.05, 0) is 24.6 Å². The highest BCUT2D eigenvalue weighted by molar-refractivity contribution is 7.80. The molecule has 0 saturated heterocycles. The van der Waals surface area contributed by atoms with Gasteiger partial charge in [-0.1, -0.05) is 18.3 Å². The molecule has 0 heterocycles. The Balaban J connectivity index is 2.92. The third-order valence-electron chi connectivity index (χ3n) is 2.12. The van der Waals surface area contributed by atoms with Gasteiger partial charge in [0.15, 0.2) is 0 Å². The van der Waals surface area contributed by atoms with Crippen LogP contribution in [0.2, 0.25) is 0 Å². The lowest BCUT2D eigenvalue weighted by molar-refractivity contribution is 0.0812. The van der Waals surface area contributed by atoms with Gasteiger partial charge in [0.05, 0.1) is 17.1 Å². The third-order valence-corrected chi connectivity index (χ3v) is 2.25. The summed E-state index contributed by atoms with van der Waals surface area (Å²) in [5, 5.41) is 9.63. The van der Waals surface area contributed by atoms with Crippen LogP contribution < -0.4 is 5.73 Å². The van der Waals surface area contributed by atoms with E-state index in [4.69, 9.17) is 18.0 Å². The average molecular weight is 238 g/mol. The number of phenols is 1. The Kier molecular flexibility index (Phi) is 3.84. The molecular formula is C11H14N2O2S. The molecule has 0 bridgehead atoms. The molecule has 0 radical (unpaired) electrons. The first kappa shape index (κ1) is 12.4. The average Bonchev–Trinajstić information content (AvgIpc) is 2.15. The summed E-state index contributed by atoms with van der Waals surface area (Å²) in [6.45, 7) is 2.04. The lowest BCUT2D eigenvalue weighted by Crippen LogP contribution is -2.34. The van der Waals surface area contributed by atoms with Crippen LogP contribution in [0.1, 0.15) is 15.9 Å². The zero-order valence-electron chi connectivity index (χ0n) is 9.23. The summed E-state index contributed by atoms with van der Waals surface area (Å²) in [6, 6.07) is 4.90. The Hall–Kier alpha value is -1.62. The molecule has 0 fully saturated rings. The molecule has 0 atom stereocenters. The van der Waals surface area contributed by atoms with E-state index in [0.717, 1.165) is 5.56 Å². The topological polar surface area (TPSA) is 66.6 Å². The fraction of sp³-hybridized carbons (Fsp3) is 0.273. The minimum Gasteiger partial charge on any atom is -0.507 e. The number of carbonyl (C=O) groups is 1. The number of benzene rings is 1. The Morgan fingerprint density at radius 2 is 2.19 bits per heavy atom. The largest absolute Gasteiger partial charge is 0.507 e. The maximum atomic E-state index is 11.9. The second-order valence-electron chi connectivity index (χ2n) is 3.65. The first-order chi connectivity index (χ1) is 7.41. The Labute approximate surface area is 99.7 Å². The number of nitrogens with two attached hydrogens (primary N) is 1. The van der Waals surface area contributed by atoms with E-state index >= 15 is 0 Å². The van der Waals surface area contributed by atoms with E-state index in [1.165, 1.54) is 4.90 Å². The van der Waals surface area contributed by atoms with Crippen molar-refractivity contribution < 1.29 is 9.90 Å². The van der Waals surface area contributed by atoms with Crippen LogP contribution in [0.25, 0.3) is 0 Å². The number of aromatic hydroxyl groups is 1. The van der Waals surface area contributed by atoms with Crippen molar-refractivity contribution in [1.29, 1.82) is 0 Å². The van der Waals surface area contributed by atoms with Gasteiger partial charge in [-0.2, -0.15) is 0 Å². The lowest BCUT2D eigenvalue weighted by atomic mass is 10.1. The Morgan fingerprint density at radius 3 is 2.69 bits per heavy atom. The molecule has 1 rings (SSSR count). The van der Waals surface area contributed by atoms with Crippen LogP contribution in [-0.2, 0) is 0 Å². The van der Waals surface area contributed by atoms with Gasteiger partial charge in [-0.15, -0.1) is 0 Å². The van der Waals surface area contributed by atoms with Crippen LogP contribution in [-0.4, -0.2) is 34.5 Å². The smallest absolute Gasteiger partial charge is 0.257 e. The maximum Gasteiger partial charge on any atom is 0.257 e. The number of likely N-dealkylation sites (N-methyl/N-ethyl adjacent to an activating group) is 1. The molecule has 0 saturated carbocycles. The van der Waals surface area contributed by atoms with E-state index in [1.807, 2.05) is 6.92 Å². The van der Waals surface area contributed by atoms with Crippen molar-refractivity contribution in [2.75, 3.05) is 13.6 Å². The second-order valence-corrected chi connectivity index (χ2v) is 4.17. The zero-order chi connectivity index (χ0) is 12.3. The molecule has 0 aliphatic heterocycles. The molecule has 86 valence electrons. The number of aryl methyl sites for hydroxylation is 1. The molecule has 0 aromatic heterocycles. The predicted octanol–water partition coefficient (Wildman–Crippen LogP) is 1.06. The number of hydrogen-bond acceptors (Lipinski definition) is 3. The molecule has 0 aliphatic carbocycles. The molecule has 3 N–H and O–H groups in total. The molecule has 0 aliphatic rings. The van der Waals surface area contributed by atoms with E-state index in [-0.39, 0.29) is 28.8 Å². The van der Waals surface area contributed by atoms with Crippen molar-refractivity contribution in [3.63, 3.8) is 0 Å². The lowest BCUT2D eigenvalue weighted by Gasteiger charge is -2.16. The number of carbonyl (C=O) groups excluding carboxylic acids is 1. The van der Waals surface area contributed by atoms with Gasteiger partial charge in [0, 0.05) is 7.05 Å². The fourth-order valence-corrected chi connectivity index (χ4v) is 1.53. The number of amides is 1. The number of hydrogen-bond donors (Lipinski definition) is 2. The van der Waals surface area contributed by atoms with E-state index in [1.54, 1.807) is 25.2 Å². The molecule has 4 nitrogen and oxygen atoms in total. The van der Waals surface area contributed by atoms with E-state index < -0.39 is 0 Å². The highest BCUT2D eigenvalue weighted by Gasteiger charge is 2.15. The summed E-state index contributed by atoms with van der Waals surface area (Å²) < 4.78 is 0. The summed E-state index contributed by atoms with van der Waals surface area (Å²) in [5.74, 6) is -0.329. The molecule has 5 heteroatoms. The summed E-state index contributed by atoms with van der Waals surface area (Å²) >= 11 is 4.72. The van der Waals surface area contributed by atoms with Gasteiger partial charge in [0.25, 0.3) is 5.91 Å². The van der Waals surface area contributed by atoms with Crippen molar-refractivity contribution in [2.45, 2.75) is 6.92 Å². The highest BCUT2D eigenvalue weighted by Crippen LogP contribution is 2.19. The summed E-state index contributed by atoms with van der Waals surface area (Å²) in [4.78, 5) is 13.5. The highest BCUT2D eigenvalue weighted by atomic mass is 32.1. The summed E-state index contributed by atoms with van der Waals surface area (Å²) in [5.41, 5.74) is 6.49. The van der Waals surface area contributed by atoms with Crippen LogP contribution in [0.5, 0.6) is 5.75 Å². The molecule has 0 unspecified atom stereocenters. The van der Waals surface area contributed by atoms with Gasteiger partial charge in [0.2, 0.25) is 0 Å². The third kappa shape index (κ3) is 2.93. The van der Waals surface area contributed by atoms with Crippen molar-refractivity contribution in [1.82, 2.24) is 4.90 Å². The number of nitrogens with zero attached hydrogens (tertiary/aromatic N) is 1. The van der Waals surface area contributed by atoms with Crippen molar-refractivity contribution >= 4 is 23.1 Å². The van der Waals surface area contributed by atoms with E-state index in [2.05, 4.69) is 0 Å². The standard InChI is InChI=1S/C11H14N2O2S/c1-7-3-4-8(9(14)5-7)11(15)13(2)6-10(12)16/h3-5,14H,6H2,1-2H3,(H2,12,16). The summed E-state index contributed by atoms with van der Waals surface area (Å²) in [6.07, 6.45) is 0. The van der Waals surface area contributed by atoms with Gasteiger partial charge in [-0.3, -0.25) is 4.79 Å². The zero-order valence-corrected chi connectivity index (χ0v) is 10.0. The van der Waals surface area contributed by atoms with Crippen LogP contribution in [0.3, 0.4) is 0 Å². The predicted molar refractivity (Wildman–Crippen MR) is 66.6 cm³/mol. The molecule has 1 aromatic carbocycles. The maximum absolute atomic E-state index is 11.9. The number of rotatable bonds is 3. The SMILES string of the molecule is Cc1ccc(C(=O)N(C)CC(N)=S)c(O)c1. The van der Waals surface area contributed by atoms with Crippen molar-refractivity contribution in [3.8, 4) is 5.75 Å². The van der Waals surface area contributed by atoms with Gasteiger partial charge >= 0.3 is 0 Å². The van der Waals surface area contributed by atoms with Gasteiger partial charge in [-0.25, -0.2) is 0 Å². The molecule has 1 aromatic rings. The van der Waals surface area contributed by atoms with Crippen LogP contribution in [0.4, 0.5) is 0 Å². The fourth-order valence-electron chi connectivity index (χ4n) is 1.33. The van der Waals surface area contributed by atoms with Gasteiger partial charge in [0.1, 0.15) is 5.75 Å². The first-order valence-electron chi connectivity index (χ1n) is 4.75. The number of thiocarbonyl (C=S) groups is 1. The monoisotopic (exact) mass is 238 g/mol. The molecule has 16 heavy (non-hydrogen) atoms. The van der Waals surface area contributed by atoms with E-state index in [9.17, 15) is 9.90 Å².